The van der Waals surface area contributed by atoms with Gasteiger partial charge in [0.15, 0.2) is 0 Å². The SMILES string of the molecule is CCCNc1ccc(/C(O)=C/c2nc3ccccc3/c(=N/C)n2CC)cn1. The van der Waals surface area contributed by atoms with Gasteiger partial charge in [0.25, 0.3) is 0 Å². The fourth-order valence-corrected chi connectivity index (χ4v) is 2.97. The van der Waals surface area contributed by atoms with Crippen LogP contribution in [-0.2, 0) is 6.54 Å². The average molecular weight is 363 g/mol. The average Bonchev–Trinajstić information content (AvgIpc) is 2.71. The molecule has 6 nitrogen and oxygen atoms in total. The van der Waals surface area contributed by atoms with Gasteiger partial charge in [0, 0.05) is 43.4 Å². The Morgan fingerprint density at radius 2 is 2.04 bits per heavy atom. The van der Waals surface area contributed by atoms with Crippen molar-refractivity contribution in [1.82, 2.24) is 14.5 Å². The topological polar surface area (TPSA) is 75.3 Å². The standard InChI is InChI=1S/C21H25N5O/c1-4-12-23-19-11-10-15(14-24-19)18(27)13-20-25-17-9-7-6-8-16(17)21(22-3)26(20)5-2/h6-11,13-14,27H,4-5,12H2,1-3H3,(H,23,24)/b18-13-,22-21-. The summed E-state index contributed by atoms with van der Waals surface area (Å²) >= 11 is 0. The number of aromatic nitrogens is 3. The second-order valence-corrected chi connectivity index (χ2v) is 6.17. The Morgan fingerprint density at radius 3 is 2.70 bits per heavy atom. The lowest BCUT2D eigenvalue weighted by Gasteiger charge is -2.12. The smallest absolute Gasteiger partial charge is 0.138 e. The summed E-state index contributed by atoms with van der Waals surface area (Å²) in [5.41, 5.74) is 2.34. The molecule has 6 heteroatoms. The lowest BCUT2D eigenvalue weighted by Crippen LogP contribution is -2.24. The van der Waals surface area contributed by atoms with Crippen LogP contribution in [0.5, 0.6) is 0 Å². The molecule has 0 bridgehead atoms. The molecular formula is C21H25N5O. The van der Waals surface area contributed by atoms with Crippen LogP contribution in [0.3, 0.4) is 0 Å². The van der Waals surface area contributed by atoms with E-state index < -0.39 is 0 Å². The van der Waals surface area contributed by atoms with Gasteiger partial charge in [-0.1, -0.05) is 19.1 Å². The Kier molecular flexibility index (Phi) is 5.86. The largest absolute Gasteiger partial charge is 0.507 e. The highest BCUT2D eigenvalue weighted by molar-refractivity contribution is 5.80. The quantitative estimate of drug-likeness (QED) is 0.652. The fourth-order valence-electron chi connectivity index (χ4n) is 2.97. The molecule has 2 heterocycles. The summed E-state index contributed by atoms with van der Waals surface area (Å²) in [6, 6.07) is 11.6. The van der Waals surface area contributed by atoms with Crippen molar-refractivity contribution in [1.29, 1.82) is 0 Å². The van der Waals surface area contributed by atoms with Crippen LogP contribution in [0.25, 0.3) is 22.7 Å². The van der Waals surface area contributed by atoms with Gasteiger partial charge in [-0.05, 0) is 37.6 Å². The van der Waals surface area contributed by atoms with Gasteiger partial charge in [-0.3, -0.25) is 4.99 Å². The van der Waals surface area contributed by atoms with E-state index in [1.165, 1.54) is 0 Å². The van der Waals surface area contributed by atoms with Crippen LogP contribution in [0.4, 0.5) is 5.82 Å². The van der Waals surface area contributed by atoms with E-state index >= 15 is 0 Å². The molecule has 1 aromatic carbocycles. The molecule has 0 aliphatic heterocycles. The van der Waals surface area contributed by atoms with E-state index in [9.17, 15) is 5.11 Å². The maximum Gasteiger partial charge on any atom is 0.138 e. The van der Waals surface area contributed by atoms with Crippen molar-refractivity contribution in [3.63, 3.8) is 0 Å². The Labute approximate surface area is 159 Å². The summed E-state index contributed by atoms with van der Waals surface area (Å²) in [5.74, 6) is 1.58. The second kappa shape index (κ2) is 8.49. The first-order valence-corrected chi connectivity index (χ1v) is 9.21. The van der Waals surface area contributed by atoms with Crippen LogP contribution in [-0.4, -0.2) is 33.2 Å². The van der Waals surface area contributed by atoms with Crippen molar-refractivity contribution in [3.8, 4) is 0 Å². The monoisotopic (exact) mass is 363 g/mol. The van der Waals surface area contributed by atoms with Gasteiger partial charge < -0.3 is 15.0 Å². The zero-order valence-electron chi connectivity index (χ0n) is 16.0. The van der Waals surface area contributed by atoms with E-state index in [-0.39, 0.29) is 5.76 Å². The Balaban J connectivity index is 2.04. The number of aliphatic hydroxyl groups is 1. The number of para-hydroxylation sites is 1. The highest BCUT2D eigenvalue weighted by Crippen LogP contribution is 2.17. The van der Waals surface area contributed by atoms with Crippen molar-refractivity contribution in [3.05, 3.63) is 59.5 Å². The molecule has 3 rings (SSSR count). The molecule has 0 saturated heterocycles. The predicted molar refractivity (Wildman–Crippen MR) is 110 cm³/mol. The number of aliphatic hydroxyl groups excluding tert-OH is 1. The van der Waals surface area contributed by atoms with Crippen molar-refractivity contribution < 1.29 is 5.11 Å². The molecule has 27 heavy (non-hydrogen) atoms. The van der Waals surface area contributed by atoms with E-state index in [4.69, 9.17) is 4.98 Å². The molecule has 0 aliphatic carbocycles. The molecule has 0 atom stereocenters. The Bertz CT molecular complexity index is 1020. The van der Waals surface area contributed by atoms with Crippen LogP contribution in [0.1, 0.15) is 31.7 Å². The van der Waals surface area contributed by atoms with Crippen LogP contribution < -0.4 is 10.8 Å². The minimum Gasteiger partial charge on any atom is -0.507 e. The number of hydrogen-bond acceptors (Lipinski definition) is 5. The van der Waals surface area contributed by atoms with Crippen LogP contribution in [0.15, 0.2) is 47.6 Å². The molecule has 2 aromatic heterocycles. The molecule has 0 amide bonds. The molecule has 3 aromatic rings. The van der Waals surface area contributed by atoms with Crippen molar-refractivity contribution >= 4 is 28.6 Å². The van der Waals surface area contributed by atoms with Crippen LogP contribution in [0, 0.1) is 0 Å². The van der Waals surface area contributed by atoms with Gasteiger partial charge >= 0.3 is 0 Å². The van der Waals surface area contributed by atoms with Gasteiger partial charge in [-0.2, -0.15) is 0 Å². The number of rotatable bonds is 6. The van der Waals surface area contributed by atoms with E-state index in [1.54, 1.807) is 19.3 Å². The minimum atomic E-state index is 0.122. The first-order chi connectivity index (χ1) is 13.2. The lowest BCUT2D eigenvalue weighted by molar-refractivity contribution is 0.514. The number of hydrogen-bond donors (Lipinski definition) is 2. The molecule has 0 aliphatic rings. The maximum absolute atomic E-state index is 10.6. The number of benzene rings is 1. The number of fused-ring (bicyclic) bond motifs is 1. The third-order valence-corrected chi connectivity index (χ3v) is 4.32. The number of anilines is 1. The fraction of sp³-hybridized carbons (Fsp3) is 0.286. The van der Waals surface area contributed by atoms with Crippen LogP contribution >= 0.6 is 0 Å². The molecule has 0 unspecified atom stereocenters. The number of nitrogens with zero attached hydrogens (tertiary/aromatic N) is 4. The number of pyridine rings is 1. The van der Waals surface area contributed by atoms with Gasteiger partial charge in [0.2, 0.25) is 0 Å². The Hall–Kier alpha value is -3.15. The number of nitrogens with one attached hydrogen (secondary N) is 1. The molecule has 0 fully saturated rings. The van der Waals surface area contributed by atoms with Crippen molar-refractivity contribution in [2.75, 3.05) is 18.9 Å². The zero-order chi connectivity index (χ0) is 19.2. The first kappa shape index (κ1) is 18.6. The van der Waals surface area contributed by atoms with Crippen molar-refractivity contribution in [2.45, 2.75) is 26.8 Å². The maximum atomic E-state index is 10.6. The summed E-state index contributed by atoms with van der Waals surface area (Å²) < 4.78 is 1.99. The molecule has 0 spiro atoms. The summed E-state index contributed by atoms with van der Waals surface area (Å²) in [4.78, 5) is 13.5. The van der Waals surface area contributed by atoms with E-state index in [1.807, 2.05) is 47.9 Å². The highest BCUT2D eigenvalue weighted by Gasteiger charge is 2.09. The normalized spacial score (nSPS) is 12.6. The predicted octanol–water partition coefficient (Wildman–Crippen LogP) is 3.86. The van der Waals surface area contributed by atoms with E-state index in [2.05, 4.69) is 22.2 Å². The summed E-state index contributed by atoms with van der Waals surface area (Å²) in [6.45, 7) is 5.71. The summed E-state index contributed by atoms with van der Waals surface area (Å²) in [6.07, 6.45) is 4.36. The highest BCUT2D eigenvalue weighted by atomic mass is 16.3. The lowest BCUT2D eigenvalue weighted by atomic mass is 10.2. The Morgan fingerprint density at radius 1 is 1.22 bits per heavy atom. The third-order valence-electron chi connectivity index (χ3n) is 4.32. The van der Waals surface area contributed by atoms with Crippen LogP contribution in [0.2, 0.25) is 0 Å². The van der Waals surface area contributed by atoms with Gasteiger partial charge in [0.1, 0.15) is 22.9 Å². The third kappa shape index (κ3) is 4.00. The summed E-state index contributed by atoms with van der Waals surface area (Å²) in [5, 5.41) is 14.8. The first-order valence-electron chi connectivity index (χ1n) is 9.21. The molecule has 0 saturated carbocycles. The molecule has 0 radical (unpaired) electrons. The zero-order valence-corrected chi connectivity index (χ0v) is 16.0. The van der Waals surface area contributed by atoms with Gasteiger partial charge in [-0.15, -0.1) is 0 Å². The van der Waals surface area contributed by atoms with Gasteiger partial charge in [-0.25, -0.2) is 9.97 Å². The second-order valence-electron chi connectivity index (χ2n) is 6.17. The van der Waals surface area contributed by atoms with Gasteiger partial charge in [0.05, 0.1) is 5.52 Å². The minimum absolute atomic E-state index is 0.122. The molecule has 2 N–H and O–H groups in total. The summed E-state index contributed by atoms with van der Waals surface area (Å²) in [7, 11) is 1.77. The van der Waals surface area contributed by atoms with E-state index in [0.29, 0.717) is 17.9 Å². The van der Waals surface area contributed by atoms with Crippen molar-refractivity contribution in [2.24, 2.45) is 4.99 Å². The van der Waals surface area contributed by atoms with E-state index in [0.717, 1.165) is 35.2 Å². The molecule has 140 valence electrons. The molecular weight excluding hydrogens is 338 g/mol.